The van der Waals surface area contributed by atoms with Gasteiger partial charge in [0.1, 0.15) is 6.10 Å². The summed E-state index contributed by atoms with van der Waals surface area (Å²) < 4.78 is 16.7. The van der Waals surface area contributed by atoms with Crippen molar-refractivity contribution in [2.24, 2.45) is 0 Å². The number of ether oxygens (including phenoxy) is 3. The van der Waals surface area contributed by atoms with Gasteiger partial charge in [-0.2, -0.15) is 0 Å². The minimum absolute atomic E-state index is 0.438. The molecule has 0 saturated carbocycles. The van der Waals surface area contributed by atoms with Crippen molar-refractivity contribution in [3.63, 3.8) is 0 Å². The van der Waals surface area contributed by atoms with E-state index < -0.39 is 24.0 Å². The van der Waals surface area contributed by atoms with Crippen molar-refractivity contribution < 1.29 is 19.0 Å². The minimum atomic E-state index is -0.882. The zero-order valence-electron chi connectivity index (χ0n) is 12.2. The number of hydrogen-bond donors (Lipinski definition) is 0. The van der Waals surface area contributed by atoms with Crippen LogP contribution in [0.4, 0.5) is 0 Å². The molecule has 0 amide bonds. The van der Waals surface area contributed by atoms with Crippen LogP contribution in [0.3, 0.4) is 0 Å². The van der Waals surface area contributed by atoms with Gasteiger partial charge in [-0.05, 0) is 25.0 Å². The summed E-state index contributed by atoms with van der Waals surface area (Å²) in [7, 11) is 1.31. The monoisotopic (exact) mass is 332 g/mol. The lowest BCUT2D eigenvalue weighted by Crippen LogP contribution is -2.32. The van der Waals surface area contributed by atoms with E-state index in [1.807, 2.05) is 13.8 Å². The van der Waals surface area contributed by atoms with Gasteiger partial charge < -0.3 is 14.2 Å². The van der Waals surface area contributed by atoms with Gasteiger partial charge in [0.05, 0.1) is 7.11 Å². The van der Waals surface area contributed by atoms with Crippen LogP contribution in [0.5, 0.6) is 0 Å². The molecule has 0 bridgehead atoms. The number of methoxy groups -OCH3 is 1. The fourth-order valence-electron chi connectivity index (χ4n) is 2.48. The van der Waals surface area contributed by atoms with Crippen molar-refractivity contribution >= 4 is 29.2 Å². The van der Waals surface area contributed by atoms with Gasteiger partial charge in [-0.1, -0.05) is 43.1 Å². The standard InChI is InChI=1S/C15H18Cl2O4/c1-4-15(5-2)20-12(13(21-15)14(18)19-3)11-9(16)7-6-8-10(11)17/h6-8,12-13H,4-5H2,1-3H3/t12-,13+/m1/s1. The third-order valence-corrected chi connectivity index (χ3v) is 4.41. The summed E-state index contributed by atoms with van der Waals surface area (Å²) in [4.78, 5) is 12.0. The van der Waals surface area contributed by atoms with Gasteiger partial charge in [-0.25, -0.2) is 4.79 Å². The van der Waals surface area contributed by atoms with E-state index in [0.29, 0.717) is 28.5 Å². The molecule has 0 spiro atoms. The van der Waals surface area contributed by atoms with Gasteiger partial charge in [0.2, 0.25) is 0 Å². The molecule has 0 N–H and O–H groups in total. The second kappa shape index (κ2) is 6.53. The van der Waals surface area contributed by atoms with E-state index in [1.165, 1.54) is 7.11 Å². The Labute approximate surface area is 134 Å². The summed E-state index contributed by atoms with van der Waals surface area (Å²) in [6.45, 7) is 3.88. The molecule has 0 unspecified atom stereocenters. The molecule has 1 heterocycles. The van der Waals surface area contributed by atoms with Crippen LogP contribution >= 0.6 is 23.2 Å². The summed E-state index contributed by atoms with van der Waals surface area (Å²) in [5.41, 5.74) is 0.556. The average Bonchev–Trinajstić information content (AvgIpc) is 2.87. The highest BCUT2D eigenvalue weighted by atomic mass is 35.5. The average molecular weight is 333 g/mol. The molecule has 0 aromatic heterocycles. The predicted octanol–water partition coefficient (Wildman–Crippen LogP) is 4.14. The first-order chi connectivity index (χ1) is 9.98. The van der Waals surface area contributed by atoms with Crippen molar-refractivity contribution in [2.75, 3.05) is 7.11 Å². The maximum absolute atomic E-state index is 12.0. The number of carbonyl (C=O) groups is 1. The van der Waals surface area contributed by atoms with Crippen LogP contribution < -0.4 is 0 Å². The molecular formula is C15H18Cl2O4. The van der Waals surface area contributed by atoms with Crippen LogP contribution in [0.2, 0.25) is 10.0 Å². The maximum atomic E-state index is 12.0. The molecule has 6 heteroatoms. The Morgan fingerprint density at radius 2 is 1.81 bits per heavy atom. The second-order valence-electron chi connectivity index (χ2n) is 4.85. The molecule has 1 aliphatic rings. The maximum Gasteiger partial charge on any atom is 0.338 e. The summed E-state index contributed by atoms with van der Waals surface area (Å²) in [5.74, 6) is -1.33. The highest BCUT2D eigenvalue weighted by Crippen LogP contribution is 2.46. The molecule has 116 valence electrons. The zero-order chi connectivity index (χ0) is 15.6. The molecule has 1 fully saturated rings. The highest BCUT2D eigenvalue weighted by Gasteiger charge is 2.50. The summed E-state index contributed by atoms with van der Waals surface area (Å²) in [6.07, 6.45) is -0.351. The zero-order valence-corrected chi connectivity index (χ0v) is 13.7. The number of benzene rings is 1. The quantitative estimate of drug-likeness (QED) is 0.777. The summed E-state index contributed by atoms with van der Waals surface area (Å²) >= 11 is 12.5. The Hall–Kier alpha value is -0.810. The number of hydrogen-bond acceptors (Lipinski definition) is 4. The number of esters is 1. The van der Waals surface area contributed by atoms with Gasteiger partial charge in [0.15, 0.2) is 11.9 Å². The van der Waals surface area contributed by atoms with E-state index in [4.69, 9.17) is 37.4 Å². The number of halogens is 2. The first-order valence-electron chi connectivity index (χ1n) is 6.85. The topological polar surface area (TPSA) is 44.8 Å². The Morgan fingerprint density at radius 1 is 1.24 bits per heavy atom. The summed E-state index contributed by atoms with van der Waals surface area (Å²) in [6, 6.07) is 5.15. The number of carbonyl (C=O) groups excluding carboxylic acids is 1. The Bertz CT molecular complexity index is 508. The lowest BCUT2D eigenvalue weighted by molar-refractivity contribution is -0.187. The molecule has 1 aromatic carbocycles. The Kier molecular flexibility index (Phi) is 5.15. The molecule has 1 saturated heterocycles. The van der Waals surface area contributed by atoms with E-state index in [2.05, 4.69) is 0 Å². The van der Waals surface area contributed by atoms with Crippen LogP contribution in [0.25, 0.3) is 0 Å². The molecule has 1 aromatic rings. The molecule has 0 radical (unpaired) electrons. The van der Waals surface area contributed by atoms with E-state index in [-0.39, 0.29) is 0 Å². The van der Waals surface area contributed by atoms with Crippen LogP contribution in [0, 0.1) is 0 Å². The second-order valence-corrected chi connectivity index (χ2v) is 5.67. The fourth-order valence-corrected chi connectivity index (χ4v) is 3.09. The Balaban J connectivity index is 2.46. The minimum Gasteiger partial charge on any atom is -0.467 e. The van der Waals surface area contributed by atoms with Crippen molar-refractivity contribution in [3.05, 3.63) is 33.8 Å². The highest BCUT2D eigenvalue weighted by molar-refractivity contribution is 6.36. The van der Waals surface area contributed by atoms with Crippen molar-refractivity contribution in [3.8, 4) is 0 Å². The van der Waals surface area contributed by atoms with Crippen LogP contribution in [-0.4, -0.2) is 25.0 Å². The predicted molar refractivity (Wildman–Crippen MR) is 80.5 cm³/mol. The third kappa shape index (κ3) is 3.04. The molecule has 2 atom stereocenters. The first-order valence-corrected chi connectivity index (χ1v) is 7.61. The van der Waals surface area contributed by atoms with Gasteiger partial charge in [0, 0.05) is 15.6 Å². The van der Waals surface area contributed by atoms with E-state index in [1.54, 1.807) is 18.2 Å². The summed E-state index contributed by atoms with van der Waals surface area (Å²) in [5, 5.41) is 0.876. The van der Waals surface area contributed by atoms with Gasteiger partial charge in [-0.3, -0.25) is 0 Å². The lowest BCUT2D eigenvalue weighted by Gasteiger charge is -2.25. The van der Waals surface area contributed by atoms with Gasteiger partial charge in [-0.15, -0.1) is 0 Å². The molecule has 21 heavy (non-hydrogen) atoms. The molecular weight excluding hydrogens is 315 g/mol. The lowest BCUT2D eigenvalue weighted by atomic mass is 10.0. The van der Waals surface area contributed by atoms with Crippen molar-refractivity contribution in [1.29, 1.82) is 0 Å². The van der Waals surface area contributed by atoms with Crippen LogP contribution in [0.1, 0.15) is 38.4 Å². The van der Waals surface area contributed by atoms with E-state index in [0.717, 1.165) is 0 Å². The smallest absolute Gasteiger partial charge is 0.338 e. The first kappa shape index (κ1) is 16.6. The van der Waals surface area contributed by atoms with Crippen LogP contribution in [-0.2, 0) is 19.0 Å². The Morgan fingerprint density at radius 3 is 2.29 bits per heavy atom. The molecule has 2 rings (SSSR count). The van der Waals surface area contributed by atoms with Crippen molar-refractivity contribution in [1.82, 2.24) is 0 Å². The third-order valence-electron chi connectivity index (χ3n) is 3.75. The normalized spacial score (nSPS) is 24.0. The van der Waals surface area contributed by atoms with Gasteiger partial charge >= 0.3 is 5.97 Å². The molecule has 4 nitrogen and oxygen atoms in total. The van der Waals surface area contributed by atoms with E-state index in [9.17, 15) is 4.79 Å². The van der Waals surface area contributed by atoms with Crippen LogP contribution in [0.15, 0.2) is 18.2 Å². The van der Waals surface area contributed by atoms with Crippen molar-refractivity contribution in [2.45, 2.75) is 44.7 Å². The SMILES string of the molecule is CCC1(CC)O[C@H](C(=O)OC)[C@@H](c2c(Cl)cccc2Cl)O1. The van der Waals surface area contributed by atoms with E-state index >= 15 is 0 Å². The molecule has 1 aliphatic heterocycles. The van der Waals surface area contributed by atoms with Gasteiger partial charge in [0.25, 0.3) is 0 Å². The largest absolute Gasteiger partial charge is 0.467 e. The molecule has 0 aliphatic carbocycles. The number of rotatable bonds is 4. The fraction of sp³-hybridized carbons (Fsp3) is 0.533.